The molecule has 0 spiro atoms. The molecule has 0 bridgehead atoms. The lowest BCUT2D eigenvalue weighted by Crippen LogP contribution is -2.31. The van der Waals surface area contributed by atoms with Crippen LogP contribution in [0.3, 0.4) is 0 Å². The summed E-state index contributed by atoms with van der Waals surface area (Å²) in [7, 11) is -4.31. The minimum Gasteiger partial charge on any atom is -0.268 e. The maximum atomic E-state index is 13.1. The lowest BCUT2D eigenvalue weighted by molar-refractivity contribution is 0.0981. The van der Waals surface area contributed by atoms with Crippen LogP contribution >= 0.6 is 11.6 Å². The van der Waals surface area contributed by atoms with E-state index in [1.165, 1.54) is 18.2 Å². The summed E-state index contributed by atoms with van der Waals surface area (Å²) >= 11 is 5.76. The minimum atomic E-state index is -4.31. The number of halogens is 3. The van der Waals surface area contributed by atoms with Crippen LogP contribution in [0, 0.1) is 18.6 Å². The molecule has 22 heavy (non-hydrogen) atoms. The average Bonchev–Trinajstić information content (AvgIpc) is 2.40. The molecule has 0 aliphatic heterocycles. The van der Waals surface area contributed by atoms with Gasteiger partial charge in [-0.05, 0) is 48.9 Å². The van der Waals surface area contributed by atoms with E-state index in [2.05, 4.69) is 0 Å². The van der Waals surface area contributed by atoms with E-state index in [0.29, 0.717) is 22.7 Å². The number of benzene rings is 2. The number of hydrogen-bond donors (Lipinski definition) is 1. The van der Waals surface area contributed by atoms with Crippen molar-refractivity contribution in [3.8, 4) is 0 Å². The van der Waals surface area contributed by atoms with Gasteiger partial charge < -0.3 is 0 Å². The fourth-order valence-electron chi connectivity index (χ4n) is 1.76. The van der Waals surface area contributed by atoms with Crippen molar-refractivity contribution in [1.82, 2.24) is 4.72 Å². The van der Waals surface area contributed by atoms with Crippen molar-refractivity contribution in [2.24, 2.45) is 0 Å². The predicted molar refractivity (Wildman–Crippen MR) is 77.2 cm³/mol. The number of carbonyl (C=O) groups excluding carboxylic acids is 1. The van der Waals surface area contributed by atoms with Crippen LogP contribution in [-0.2, 0) is 10.0 Å². The van der Waals surface area contributed by atoms with E-state index >= 15 is 0 Å². The van der Waals surface area contributed by atoms with E-state index in [-0.39, 0.29) is 5.56 Å². The van der Waals surface area contributed by atoms with Gasteiger partial charge in [0.2, 0.25) is 0 Å². The Morgan fingerprint density at radius 1 is 1.09 bits per heavy atom. The summed E-state index contributed by atoms with van der Waals surface area (Å²) in [6.45, 7) is 1.59. The smallest absolute Gasteiger partial charge is 0.265 e. The quantitative estimate of drug-likeness (QED) is 0.930. The maximum Gasteiger partial charge on any atom is 0.265 e. The molecule has 0 atom stereocenters. The molecular weight excluding hydrogens is 336 g/mol. The Balaban J connectivity index is 2.31. The molecule has 2 aromatic carbocycles. The molecule has 8 heteroatoms. The highest BCUT2D eigenvalue weighted by molar-refractivity contribution is 7.90. The van der Waals surface area contributed by atoms with Gasteiger partial charge >= 0.3 is 0 Å². The summed E-state index contributed by atoms with van der Waals surface area (Å²) in [5.74, 6) is -3.39. The summed E-state index contributed by atoms with van der Waals surface area (Å²) in [6.07, 6.45) is 0. The van der Waals surface area contributed by atoms with Gasteiger partial charge in [0.25, 0.3) is 15.9 Å². The number of rotatable bonds is 3. The topological polar surface area (TPSA) is 63.2 Å². The first-order valence-corrected chi connectivity index (χ1v) is 7.85. The van der Waals surface area contributed by atoms with E-state index in [0.717, 1.165) is 6.07 Å². The molecule has 0 saturated carbocycles. The lowest BCUT2D eigenvalue weighted by atomic mass is 10.1. The summed E-state index contributed by atoms with van der Waals surface area (Å²) in [4.78, 5) is 11.5. The van der Waals surface area contributed by atoms with Crippen LogP contribution in [0.25, 0.3) is 0 Å². The highest BCUT2D eigenvalue weighted by Gasteiger charge is 2.21. The van der Waals surface area contributed by atoms with E-state index in [9.17, 15) is 22.0 Å². The van der Waals surface area contributed by atoms with Crippen molar-refractivity contribution in [2.45, 2.75) is 11.8 Å². The number of amides is 1. The highest BCUT2D eigenvalue weighted by atomic mass is 35.5. The zero-order valence-corrected chi connectivity index (χ0v) is 12.8. The second-order valence-electron chi connectivity index (χ2n) is 4.47. The Morgan fingerprint density at radius 2 is 1.77 bits per heavy atom. The molecule has 4 nitrogen and oxygen atoms in total. The van der Waals surface area contributed by atoms with Gasteiger partial charge in [-0.1, -0.05) is 11.6 Å². The molecule has 0 radical (unpaired) electrons. The molecule has 0 aromatic heterocycles. The van der Waals surface area contributed by atoms with Crippen LogP contribution in [-0.4, -0.2) is 14.3 Å². The Bertz CT molecular complexity index is 853. The normalized spacial score (nSPS) is 11.3. The molecule has 0 fully saturated rings. The van der Waals surface area contributed by atoms with E-state index < -0.39 is 32.5 Å². The first-order valence-electron chi connectivity index (χ1n) is 5.99. The summed E-state index contributed by atoms with van der Waals surface area (Å²) in [5.41, 5.74) is 0.584. The van der Waals surface area contributed by atoms with Crippen molar-refractivity contribution < 1.29 is 22.0 Å². The molecule has 0 aliphatic carbocycles. The third-order valence-electron chi connectivity index (χ3n) is 2.86. The predicted octanol–water partition coefficient (Wildman–Crippen LogP) is 3.05. The molecule has 0 saturated heterocycles. The number of nitrogens with one attached hydrogen (secondary N) is 1. The van der Waals surface area contributed by atoms with Gasteiger partial charge in [0.15, 0.2) is 11.6 Å². The zero-order chi connectivity index (χ0) is 16.5. The van der Waals surface area contributed by atoms with E-state index in [4.69, 9.17) is 11.6 Å². The summed E-state index contributed by atoms with van der Waals surface area (Å²) in [6, 6.07) is 6.34. The van der Waals surface area contributed by atoms with Crippen molar-refractivity contribution in [2.75, 3.05) is 0 Å². The second-order valence-corrected chi connectivity index (χ2v) is 6.59. The molecular formula is C14H10ClF2NO3S. The van der Waals surface area contributed by atoms with Gasteiger partial charge in [-0.15, -0.1) is 0 Å². The standard InChI is InChI=1S/C14H10ClF2NO3S/c1-8-6-9(15)2-4-11(8)14(19)18-22(20,21)10-3-5-12(16)13(17)7-10/h2-7H,1H3,(H,18,19). The molecule has 0 aliphatic rings. The van der Waals surface area contributed by atoms with Crippen molar-refractivity contribution in [3.63, 3.8) is 0 Å². The Kier molecular flexibility index (Phi) is 4.48. The average molecular weight is 346 g/mol. The molecule has 0 unspecified atom stereocenters. The van der Waals surface area contributed by atoms with Gasteiger partial charge in [-0.25, -0.2) is 21.9 Å². The van der Waals surface area contributed by atoms with E-state index in [1.54, 1.807) is 11.6 Å². The first-order chi connectivity index (χ1) is 10.2. The SMILES string of the molecule is Cc1cc(Cl)ccc1C(=O)NS(=O)(=O)c1ccc(F)c(F)c1. The third-order valence-corrected chi connectivity index (χ3v) is 4.43. The number of hydrogen-bond acceptors (Lipinski definition) is 3. The summed E-state index contributed by atoms with van der Waals surface area (Å²) < 4.78 is 51.8. The monoisotopic (exact) mass is 345 g/mol. The Hall–Kier alpha value is -1.99. The first kappa shape index (κ1) is 16.4. The number of sulfonamides is 1. The number of carbonyl (C=O) groups is 1. The van der Waals surface area contributed by atoms with Crippen molar-refractivity contribution >= 4 is 27.5 Å². The molecule has 2 aromatic rings. The van der Waals surface area contributed by atoms with E-state index in [1.807, 2.05) is 0 Å². The highest BCUT2D eigenvalue weighted by Crippen LogP contribution is 2.17. The molecule has 1 amide bonds. The van der Waals surface area contributed by atoms with Gasteiger partial charge in [-0.2, -0.15) is 0 Å². The second kappa shape index (κ2) is 6.02. The Morgan fingerprint density at radius 3 is 2.36 bits per heavy atom. The van der Waals surface area contributed by atoms with Gasteiger partial charge in [0.1, 0.15) is 0 Å². The summed E-state index contributed by atoms with van der Waals surface area (Å²) in [5, 5.41) is 0.400. The lowest BCUT2D eigenvalue weighted by Gasteiger charge is -2.09. The molecule has 2 rings (SSSR count). The van der Waals surface area contributed by atoms with Crippen LogP contribution in [0.1, 0.15) is 15.9 Å². The zero-order valence-electron chi connectivity index (χ0n) is 11.2. The maximum absolute atomic E-state index is 13.1. The van der Waals surface area contributed by atoms with Gasteiger partial charge in [0, 0.05) is 10.6 Å². The number of aryl methyl sites for hydroxylation is 1. The molecule has 1 N–H and O–H groups in total. The van der Waals surface area contributed by atoms with Crippen LogP contribution in [0.2, 0.25) is 5.02 Å². The van der Waals surface area contributed by atoms with Crippen LogP contribution in [0.15, 0.2) is 41.3 Å². The van der Waals surface area contributed by atoms with Crippen LogP contribution in [0.4, 0.5) is 8.78 Å². The van der Waals surface area contributed by atoms with Crippen molar-refractivity contribution in [1.29, 1.82) is 0 Å². The van der Waals surface area contributed by atoms with Crippen molar-refractivity contribution in [3.05, 3.63) is 64.2 Å². The van der Waals surface area contributed by atoms with Crippen LogP contribution in [0.5, 0.6) is 0 Å². The largest absolute Gasteiger partial charge is 0.268 e. The fourth-order valence-corrected chi connectivity index (χ4v) is 2.97. The minimum absolute atomic E-state index is 0.107. The van der Waals surface area contributed by atoms with Gasteiger partial charge in [0.05, 0.1) is 4.90 Å². The van der Waals surface area contributed by atoms with Gasteiger partial charge in [-0.3, -0.25) is 4.79 Å². The molecule has 0 heterocycles. The molecule has 116 valence electrons. The van der Waals surface area contributed by atoms with Crippen LogP contribution < -0.4 is 4.72 Å². The Labute approximate surface area is 130 Å². The fraction of sp³-hybridized carbons (Fsp3) is 0.0714. The third kappa shape index (κ3) is 3.42.